The van der Waals surface area contributed by atoms with Crippen molar-refractivity contribution in [1.82, 2.24) is 14.9 Å². The second-order valence-electron chi connectivity index (χ2n) is 6.41. The van der Waals surface area contributed by atoms with E-state index in [1.165, 1.54) is 4.31 Å². The van der Waals surface area contributed by atoms with Crippen LogP contribution in [0, 0.1) is 0 Å². The smallest absolute Gasteiger partial charge is 0.214 e. The molecule has 0 aromatic heterocycles. The van der Waals surface area contributed by atoms with E-state index in [1.807, 2.05) is 6.92 Å². The third-order valence-corrected chi connectivity index (χ3v) is 6.12. The minimum Gasteiger partial charge on any atom is -0.388 e. The van der Waals surface area contributed by atoms with Crippen molar-refractivity contribution in [3.63, 3.8) is 0 Å². The summed E-state index contributed by atoms with van der Waals surface area (Å²) in [4.78, 5) is 4.50. The van der Waals surface area contributed by atoms with E-state index in [2.05, 4.69) is 29.5 Å². The first-order valence-electron chi connectivity index (χ1n) is 9.09. The van der Waals surface area contributed by atoms with Gasteiger partial charge in [-0.15, -0.1) is 0 Å². The van der Waals surface area contributed by atoms with E-state index in [-0.39, 0.29) is 5.75 Å². The molecular weight excluding hydrogens is 328 g/mol. The maximum Gasteiger partial charge on any atom is 0.214 e. The van der Waals surface area contributed by atoms with Crippen LogP contribution in [0.3, 0.4) is 0 Å². The first-order chi connectivity index (χ1) is 11.4. The van der Waals surface area contributed by atoms with E-state index in [0.29, 0.717) is 45.1 Å². The maximum absolute atomic E-state index is 11.8. The number of nitrogens with one attached hydrogen (secondary N) is 2. The molecule has 7 nitrogen and oxygen atoms in total. The molecule has 8 heteroatoms. The van der Waals surface area contributed by atoms with Crippen LogP contribution in [0.2, 0.25) is 0 Å². The number of hydrogen-bond donors (Lipinski definition) is 3. The molecule has 3 N–H and O–H groups in total. The Balaban J connectivity index is 2.55. The van der Waals surface area contributed by atoms with Crippen molar-refractivity contribution in [3.05, 3.63) is 0 Å². The zero-order valence-corrected chi connectivity index (χ0v) is 16.2. The number of aliphatic hydroxyl groups is 1. The zero-order chi connectivity index (χ0) is 18.1. The van der Waals surface area contributed by atoms with E-state index in [0.717, 1.165) is 25.7 Å². The predicted octanol–water partition coefficient (Wildman–Crippen LogP) is 0.908. The normalized spacial score (nSPS) is 18.8. The van der Waals surface area contributed by atoms with Gasteiger partial charge in [-0.05, 0) is 26.2 Å². The van der Waals surface area contributed by atoms with Crippen LogP contribution in [0.4, 0.5) is 0 Å². The summed E-state index contributed by atoms with van der Waals surface area (Å²) in [6.07, 6.45) is 4.01. The minimum atomic E-state index is -3.05. The van der Waals surface area contributed by atoms with Crippen molar-refractivity contribution in [2.75, 3.05) is 38.5 Å². The first-order valence-corrected chi connectivity index (χ1v) is 10.7. The molecule has 1 aliphatic heterocycles. The number of guanidine groups is 1. The Kier molecular flexibility index (Phi) is 9.01. The summed E-state index contributed by atoms with van der Waals surface area (Å²) in [5.41, 5.74) is -0.760. The number of hydrogen-bond acceptors (Lipinski definition) is 4. The third kappa shape index (κ3) is 6.94. The fourth-order valence-electron chi connectivity index (χ4n) is 3.02. The van der Waals surface area contributed by atoms with Crippen molar-refractivity contribution in [2.45, 2.75) is 58.5 Å². The Morgan fingerprint density at radius 3 is 2.38 bits per heavy atom. The van der Waals surface area contributed by atoms with Gasteiger partial charge in [0.2, 0.25) is 10.0 Å². The quantitative estimate of drug-likeness (QED) is 0.397. The molecule has 1 aliphatic rings. The molecule has 0 bridgehead atoms. The van der Waals surface area contributed by atoms with Crippen LogP contribution in [0.5, 0.6) is 0 Å². The van der Waals surface area contributed by atoms with Crippen molar-refractivity contribution < 1.29 is 13.5 Å². The Morgan fingerprint density at radius 2 is 1.88 bits per heavy atom. The van der Waals surface area contributed by atoms with Gasteiger partial charge < -0.3 is 15.7 Å². The van der Waals surface area contributed by atoms with Crippen molar-refractivity contribution in [2.24, 2.45) is 4.99 Å². The molecule has 0 spiro atoms. The summed E-state index contributed by atoms with van der Waals surface area (Å²) in [5, 5.41) is 17.0. The van der Waals surface area contributed by atoms with Crippen molar-refractivity contribution in [3.8, 4) is 0 Å². The lowest BCUT2D eigenvalue weighted by Gasteiger charge is -2.26. The van der Waals surface area contributed by atoms with Crippen LogP contribution in [0.25, 0.3) is 0 Å². The van der Waals surface area contributed by atoms with Crippen LogP contribution in [0.1, 0.15) is 52.9 Å². The van der Waals surface area contributed by atoms with Crippen LogP contribution in [-0.4, -0.2) is 67.9 Å². The number of rotatable bonds is 10. The monoisotopic (exact) mass is 362 g/mol. The van der Waals surface area contributed by atoms with Gasteiger partial charge in [0.25, 0.3) is 0 Å². The van der Waals surface area contributed by atoms with Gasteiger partial charge in [0.1, 0.15) is 0 Å². The Labute approximate surface area is 147 Å². The molecule has 24 heavy (non-hydrogen) atoms. The third-order valence-electron chi connectivity index (χ3n) is 4.16. The lowest BCUT2D eigenvalue weighted by atomic mass is 9.93. The lowest BCUT2D eigenvalue weighted by Crippen LogP contribution is -2.43. The second kappa shape index (κ2) is 10.2. The molecule has 0 unspecified atom stereocenters. The van der Waals surface area contributed by atoms with Gasteiger partial charge in [0.15, 0.2) is 5.96 Å². The molecule has 0 aliphatic carbocycles. The molecule has 1 saturated heterocycles. The summed E-state index contributed by atoms with van der Waals surface area (Å²) < 4.78 is 25.1. The summed E-state index contributed by atoms with van der Waals surface area (Å²) in [7, 11) is -3.05. The topological polar surface area (TPSA) is 94.0 Å². The predicted molar refractivity (Wildman–Crippen MR) is 98.7 cm³/mol. The Bertz CT molecular complexity index is 488. The maximum atomic E-state index is 11.8. The number of aliphatic imine (C=N–C) groups is 1. The van der Waals surface area contributed by atoms with Crippen LogP contribution in [-0.2, 0) is 10.0 Å². The Morgan fingerprint density at radius 1 is 1.21 bits per heavy atom. The summed E-state index contributed by atoms with van der Waals surface area (Å²) >= 11 is 0. The Hall–Kier alpha value is -0.860. The van der Waals surface area contributed by atoms with E-state index >= 15 is 0 Å². The van der Waals surface area contributed by atoms with Gasteiger partial charge in [-0.1, -0.05) is 26.7 Å². The molecule has 0 aromatic carbocycles. The SMILES string of the molecule is CCCC(O)(CCC)CN=C(NCC)NCCN1CCCS1(=O)=O. The second-order valence-corrected chi connectivity index (χ2v) is 8.50. The summed E-state index contributed by atoms with van der Waals surface area (Å²) in [6.45, 7) is 8.72. The molecular formula is C16H34N4O3S. The molecule has 0 aromatic rings. The number of sulfonamides is 1. The standard InChI is InChI=1S/C16H34N4O3S/c1-4-8-16(21,9-5-2)14-19-15(17-6-3)18-10-12-20-11-7-13-24(20,22)23/h21H,4-14H2,1-3H3,(H2,17,18,19). The highest BCUT2D eigenvalue weighted by Crippen LogP contribution is 2.19. The van der Waals surface area contributed by atoms with E-state index < -0.39 is 15.6 Å². The summed E-state index contributed by atoms with van der Waals surface area (Å²) in [5.74, 6) is 0.877. The van der Waals surface area contributed by atoms with Gasteiger partial charge in [-0.3, -0.25) is 4.99 Å². The van der Waals surface area contributed by atoms with E-state index in [9.17, 15) is 13.5 Å². The molecule has 0 radical (unpaired) electrons. The van der Waals surface area contributed by atoms with Gasteiger partial charge in [-0.25, -0.2) is 12.7 Å². The minimum absolute atomic E-state index is 0.252. The first kappa shape index (κ1) is 21.2. The largest absolute Gasteiger partial charge is 0.388 e. The van der Waals surface area contributed by atoms with Gasteiger partial charge >= 0.3 is 0 Å². The molecule has 1 fully saturated rings. The molecule has 1 heterocycles. The van der Waals surface area contributed by atoms with Crippen LogP contribution < -0.4 is 10.6 Å². The fourth-order valence-corrected chi connectivity index (χ4v) is 4.55. The van der Waals surface area contributed by atoms with E-state index in [4.69, 9.17) is 0 Å². The summed E-state index contributed by atoms with van der Waals surface area (Å²) in [6, 6.07) is 0. The van der Waals surface area contributed by atoms with Gasteiger partial charge in [0.05, 0.1) is 17.9 Å². The highest BCUT2D eigenvalue weighted by molar-refractivity contribution is 7.89. The highest BCUT2D eigenvalue weighted by Gasteiger charge is 2.27. The van der Waals surface area contributed by atoms with Crippen molar-refractivity contribution >= 4 is 16.0 Å². The van der Waals surface area contributed by atoms with Crippen molar-refractivity contribution in [1.29, 1.82) is 0 Å². The molecule has 0 amide bonds. The zero-order valence-electron chi connectivity index (χ0n) is 15.3. The lowest BCUT2D eigenvalue weighted by molar-refractivity contribution is 0.0306. The van der Waals surface area contributed by atoms with Crippen LogP contribution >= 0.6 is 0 Å². The highest BCUT2D eigenvalue weighted by atomic mass is 32.2. The molecule has 0 atom stereocenters. The average molecular weight is 363 g/mol. The average Bonchev–Trinajstić information content (AvgIpc) is 2.84. The molecule has 1 rings (SSSR count). The van der Waals surface area contributed by atoms with E-state index in [1.54, 1.807) is 0 Å². The fraction of sp³-hybridized carbons (Fsp3) is 0.938. The molecule has 0 saturated carbocycles. The van der Waals surface area contributed by atoms with Gasteiger partial charge in [-0.2, -0.15) is 0 Å². The number of nitrogens with zero attached hydrogens (tertiary/aromatic N) is 2. The van der Waals surface area contributed by atoms with Crippen LogP contribution in [0.15, 0.2) is 4.99 Å². The molecule has 142 valence electrons. The van der Waals surface area contributed by atoms with Gasteiger partial charge in [0, 0.05) is 26.2 Å².